The number of anilines is 1. The van der Waals surface area contributed by atoms with E-state index in [4.69, 9.17) is 9.47 Å². The molecule has 8 nitrogen and oxygen atoms in total. The van der Waals surface area contributed by atoms with E-state index in [-0.39, 0.29) is 17.5 Å². The van der Waals surface area contributed by atoms with E-state index in [1.54, 1.807) is 56.7 Å². The largest absolute Gasteiger partial charge is 0.493 e. The Morgan fingerprint density at radius 3 is 2.44 bits per heavy atom. The van der Waals surface area contributed by atoms with Crippen LogP contribution in [-0.4, -0.2) is 39.5 Å². The van der Waals surface area contributed by atoms with E-state index in [2.05, 4.69) is 10.6 Å². The van der Waals surface area contributed by atoms with E-state index in [1.165, 1.54) is 4.31 Å². The van der Waals surface area contributed by atoms with Gasteiger partial charge >= 0.3 is 6.03 Å². The Bertz CT molecular complexity index is 1280. The third kappa shape index (κ3) is 5.16. The minimum atomic E-state index is -3.58. The number of urea groups is 1. The van der Waals surface area contributed by atoms with Gasteiger partial charge < -0.3 is 20.1 Å². The quantitative estimate of drug-likeness (QED) is 0.536. The molecule has 0 fully saturated rings. The summed E-state index contributed by atoms with van der Waals surface area (Å²) in [4.78, 5) is 12.7. The van der Waals surface area contributed by atoms with E-state index in [0.717, 1.165) is 16.7 Å². The van der Waals surface area contributed by atoms with Crippen molar-refractivity contribution in [1.82, 2.24) is 9.62 Å². The molecule has 0 aromatic heterocycles. The molecule has 0 saturated carbocycles. The van der Waals surface area contributed by atoms with Gasteiger partial charge in [0.25, 0.3) is 0 Å². The Hall–Kier alpha value is -3.56. The standard InChI is InChI=1S/C25H27N3O5S/c1-32-23-11-8-18(14-24(23)33-2)16-26-25(29)27-21-10-9-19-12-13-28(17-20(19)15-21)34(30,31)22-6-4-3-5-7-22/h3-11,14-15H,12-13,16-17H2,1-2H3,(H2,26,27,29). The predicted octanol–water partition coefficient (Wildman–Crippen LogP) is 3.77. The smallest absolute Gasteiger partial charge is 0.319 e. The van der Waals surface area contributed by atoms with Gasteiger partial charge in [0.2, 0.25) is 10.0 Å². The number of hydrogen-bond donors (Lipinski definition) is 2. The van der Waals surface area contributed by atoms with Crippen molar-refractivity contribution in [2.75, 3.05) is 26.1 Å². The van der Waals surface area contributed by atoms with Crippen LogP contribution in [0, 0.1) is 0 Å². The Balaban J connectivity index is 1.40. The highest BCUT2D eigenvalue weighted by Crippen LogP contribution is 2.28. The molecule has 0 spiro atoms. The van der Waals surface area contributed by atoms with E-state index < -0.39 is 10.0 Å². The number of carbonyl (C=O) groups excluding carboxylic acids is 1. The maximum absolute atomic E-state index is 13.0. The van der Waals surface area contributed by atoms with Gasteiger partial charge in [-0.05, 0) is 59.5 Å². The second-order valence-corrected chi connectivity index (χ2v) is 9.82. The van der Waals surface area contributed by atoms with Crippen LogP contribution < -0.4 is 20.1 Å². The van der Waals surface area contributed by atoms with Crippen LogP contribution >= 0.6 is 0 Å². The number of amides is 2. The molecular weight excluding hydrogens is 454 g/mol. The lowest BCUT2D eigenvalue weighted by atomic mass is 10.0. The summed E-state index contributed by atoms with van der Waals surface area (Å²) < 4.78 is 38.0. The average Bonchev–Trinajstić information content (AvgIpc) is 2.87. The maximum atomic E-state index is 13.0. The summed E-state index contributed by atoms with van der Waals surface area (Å²) in [6.07, 6.45) is 0.618. The van der Waals surface area contributed by atoms with Gasteiger partial charge in [0, 0.05) is 25.3 Å². The van der Waals surface area contributed by atoms with Crippen LogP contribution in [0.5, 0.6) is 11.5 Å². The molecule has 1 aliphatic rings. The number of hydrogen-bond acceptors (Lipinski definition) is 5. The van der Waals surface area contributed by atoms with Crippen LogP contribution in [0.15, 0.2) is 71.6 Å². The lowest BCUT2D eigenvalue weighted by Crippen LogP contribution is -2.36. The molecule has 0 aliphatic carbocycles. The number of fused-ring (bicyclic) bond motifs is 1. The van der Waals surface area contributed by atoms with Gasteiger partial charge in [0.15, 0.2) is 11.5 Å². The summed E-state index contributed by atoms with van der Waals surface area (Å²) >= 11 is 0. The number of nitrogens with one attached hydrogen (secondary N) is 2. The lowest BCUT2D eigenvalue weighted by Gasteiger charge is -2.28. The third-order valence-corrected chi connectivity index (χ3v) is 7.58. The molecule has 4 rings (SSSR count). The number of benzene rings is 3. The average molecular weight is 482 g/mol. The summed E-state index contributed by atoms with van der Waals surface area (Å²) in [5.41, 5.74) is 3.42. The van der Waals surface area contributed by atoms with Crippen molar-refractivity contribution in [2.24, 2.45) is 0 Å². The fraction of sp³-hybridized carbons (Fsp3) is 0.240. The van der Waals surface area contributed by atoms with Gasteiger partial charge in [-0.2, -0.15) is 4.31 Å². The van der Waals surface area contributed by atoms with Crippen molar-refractivity contribution in [1.29, 1.82) is 0 Å². The summed E-state index contributed by atoms with van der Waals surface area (Å²) in [6, 6.07) is 19.1. The second-order valence-electron chi connectivity index (χ2n) is 7.88. The van der Waals surface area contributed by atoms with Gasteiger partial charge in [0.1, 0.15) is 0 Å². The molecule has 3 aromatic carbocycles. The number of ether oxygens (including phenoxy) is 2. The van der Waals surface area contributed by atoms with Crippen molar-refractivity contribution in [3.63, 3.8) is 0 Å². The molecule has 1 heterocycles. The van der Waals surface area contributed by atoms with Crippen LogP contribution in [-0.2, 0) is 29.5 Å². The van der Waals surface area contributed by atoms with Crippen molar-refractivity contribution < 1.29 is 22.7 Å². The maximum Gasteiger partial charge on any atom is 0.319 e. The van der Waals surface area contributed by atoms with Gasteiger partial charge in [-0.15, -0.1) is 0 Å². The monoisotopic (exact) mass is 481 g/mol. The van der Waals surface area contributed by atoms with E-state index in [1.807, 2.05) is 24.3 Å². The highest BCUT2D eigenvalue weighted by atomic mass is 32.2. The van der Waals surface area contributed by atoms with Crippen molar-refractivity contribution in [2.45, 2.75) is 24.4 Å². The summed E-state index contributed by atoms with van der Waals surface area (Å²) in [6.45, 7) is 0.985. The summed E-state index contributed by atoms with van der Waals surface area (Å²) in [7, 11) is -0.449. The van der Waals surface area contributed by atoms with Crippen molar-refractivity contribution in [3.05, 3.63) is 83.4 Å². The predicted molar refractivity (Wildman–Crippen MR) is 130 cm³/mol. The number of carbonyl (C=O) groups is 1. The van der Waals surface area contributed by atoms with Crippen LogP contribution in [0.3, 0.4) is 0 Å². The van der Waals surface area contributed by atoms with Gasteiger partial charge in [-0.25, -0.2) is 13.2 Å². The molecule has 178 valence electrons. The fourth-order valence-electron chi connectivity index (χ4n) is 3.90. The van der Waals surface area contributed by atoms with E-state index in [9.17, 15) is 13.2 Å². The van der Waals surface area contributed by atoms with E-state index >= 15 is 0 Å². The Labute approximate surface area is 199 Å². The Morgan fingerprint density at radius 2 is 1.71 bits per heavy atom. The van der Waals surface area contributed by atoms with Crippen molar-refractivity contribution in [3.8, 4) is 11.5 Å². The highest BCUT2D eigenvalue weighted by Gasteiger charge is 2.28. The molecule has 9 heteroatoms. The summed E-state index contributed by atoms with van der Waals surface area (Å²) in [5, 5.41) is 5.64. The van der Waals surface area contributed by atoms with Gasteiger partial charge in [0.05, 0.1) is 19.1 Å². The number of nitrogens with zero attached hydrogens (tertiary/aromatic N) is 1. The lowest BCUT2D eigenvalue weighted by molar-refractivity contribution is 0.251. The first-order valence-corrected chi connectivity index (χ1v) is 12.3. The van der Waals surface area contributed by atoms with Crippen LogP contribution in [0.4, 0.5) is 10.5 Å². The zero-order valence-electron chi connectivity index (χ0n) is 19.1. The fourth-order valence-corrected chi connectivity index (χ4v) is 5.34. The molecule has 0 radical (unpaired) electrons. The molecular formula is C25H27N3O5S. The van der Waals surface area contributed by atoms with E-state index in [0.29, 0.717) is 36.7 Å². The highest BCUT2D eigenvalue weighted by molar-refractivity contribution is 7.89. The zero-order chi connectivity index (χ0) is 24.1. The molecule has 34 heavy (non-hydrogen) atoms. The van der Waals surface area contributed by atoms with Gasteiger partial charge in [-0.1, -0.05) is 30.3 Å². The summed E-state index contributed by atoms with van der Waals surface area (Å²) in [5.74, 6) is 1.21. The molecule has 3 aromatic rings. The van der Waals surface area contributed by atoms with Crippen LogP contribution in [0.2, 0.25) is 0 Å². The Kier molecular flexibility index (Phi) is 7.04. The molecule has 0 atom stereocenters. The van der Waals surface area contributed by atoms with Crippen LogP contribution in [0.25, 0.3) is 0 Å². The third-order valence-electron chi connectivity index (χ3n) is 5.72. The molecule has 0 unspecified atom stereocenters. The number of rotatable bonds is 7. The minimum absolute atomic E-state index is 0.259. The zero-order valence-corrected chi connectivity index (χ0v) is 19.9. The number of methoxy groups -OCH3 is 2. The molecule has 2 N–H and O–H groups in total. The van der Waals surface area contributed by atoms with Gasteiger partial charge in [-0.3, -0.25) is 0 Å². The normalized spacial score (nSPS) is 13.6. The first-order chi connectivity index (χ1) is 16.4. The Morgan fingerprint density at radius 1 is 0.941 bits per heavy atom. The molecule has 1 aliphatic heterocycles. The number of sulfonamides is 1. The van der Waals surface area contributed by atoms with Crippen LogP contribution in [0.1, 0.15) is 16.7 Å². The molecule has 0 saturated heterocycles. The SMILES string of the molecule is COc1ccc(CNC(=O)Nc2ccc3c(c2)CN(S(=O)(=O)c2ccccc2)CC3)cc1OC. The molecule has 2 amide bonds. The first kappa shape index (κ1) is 23.6. The molecule has 0 bridgehead atoms. The van der Waals surface area contributed by atoms with Crippen molar-refractivity contribution >= 4 is 21.7 Å². The minimum Gasteiger partial charge on any atom is -0.493 e. The topological polar surface area (TPSA) is 97.0 Å². The second kappa shape index (κ2) is 10.1. The first-order valence-electron chi connectivity index (χ1n) is 10.8.